The third-order valence-electron chi connectivity index (χ3n) is 5.75. The maximum atomic E-state index is 2.58. The van der Waals surface area contributed by atoms with Crippen molar-refractivity contribution in [3.05, 3.63) is 0 Å². The topological polar surface area (TPSA) is 0 Å². The molecule has 0 saturated heterocycles. The Morgan fingerprint density at radius 3 is 2.64 bits per heavy atom. The van der Waals surface area contributed by atoms with E-state index in [4.69, 9.17) is 0 Å². The Hall–Kier alpha value is 0. The van der Waals surface area contributed by atoms with Gasteiger partial charge in [0.05, 0.1) is 0 Å². The highest BCUT2D eigenvalue weighted by molar-refractivity contribution is 5.00. The van der Waals surface area contributed by atoms with E-state index in [2.05, 4.69) is 27.7 Å². The van der Waals surface area contributed by atoms with Crippen molar-refractivity contribution in [3.8, 4) is 0 Å². The number of rotatable bonds is 1. The monoisotopic (exact) mass is 194 g/mol. The van der Waals surface area contributed by atoms with Crippen molar-refractivity contribution in [2.45, 2.75) is 59.8 Å². The van der Waals surface area contributed by atoms with E-state index in [1.165, 1.54) is 32.1 Å². The van der Waals surface area contributed by atoms with Gasteiger partial charge >= 0.3 is 0 Å². The summed E-state index contributed by atoms with van der Waals surface area (Å²) in [5, 5.41) is 0. The molecule has 0 aromatic carbocycles. The molecule has 0 amide bonds. The number of hydrogen-bond acceptors (Lipinski definition) is 0. The molecule has 82 valence electrons. The van der Waals surface area contributed by atoms with Crippen LogP contribution < -0.4 is 0 Å². The van der Waals surface area contributed by atoms with Gasteiger partial charge in [-0.05, 0) is 41.9 Å². The van der Waals surface area contributed by atoms with Gasteiger partial charge < -0.3 is 0 Å². The zero-order valence-electron chi connectivity index (χ0n) is 10.3. The van der Waals surface area contributed by atoms with Crippen LogP contribution in [-0.2, 0) is 0 Å². The number of fused-ring (bicyclic) bond motifs is 1. The Labute approximate surface area is 89.5 Å². The predicted molar refractivity (Wildman–Crippen MR) is 62.2 cm³/mol. The van der Waals surface area contributed by atoms with Gasteiger partial charge in [0.1, 0.15) is 0 Å². The van der Waals surface area contributed by atoms with Gasteiger partial charge in [-0.15, -0.1) is 0 Å². The summed E-state index contributed by atoms with van der Waals surface area (Å²) in [4.78, 5) is 0. The summed E-state index contributed by atoms with van der Waals surface area (Å²) in [5.74, 6) is 4.02. The molecule has 2 aliphatic rings. The van der Waals surface area contributed by atoms with Crippen molar-refractivity contribution in [2.75, 3.05) is 0 Å². The summed E-state index contributed by atoms with van der Waals surface area (Å²) >= 11 is 0. The molecule has 5 unspecified atom stereocenters. The Morgan fingerprint density at radius 1 is 1.29 bits per heavy atom. The molecule has 14 heavy (non-hydrogen) atoms. The van der Waals surface area contributed by atoms with E-state index in [1.807, 2.05) is 0 Å². The van der Waals surface area contributed by atoms with Crippen molar-refractivity contribution in [3.63, 3.8) is 0 Å². The Balaban J connectivity index is 2.22. The molecule has 2 rings (SSSR count). The van der Waals surface area contributed by atoms with E-state index in [9.17, 15) is 0 Å². The molecule has 2 fully saturated rings. The molecule has 0 aromatic heterocycles. The Kier molecular flexibility index (Phi) is 2.66. The first-order chi connectivity index (χ1) is 6.59. The zero-order valence-corrected chi connectivity index (χ0v) is 10.3. The van der Waals surface area contributed by atoms with Crippen LogP contribution in [0.4, 0.5) is 0 Å². The smallest absolute Gasteiger partial charge is 0.0267 e. The minimum Gasteiger partial charge on any atom is -0.0651 e. The van der Waals surface area contributed by atoms with E-state index in [0.29, 0.717) is 5.41 Å². The fraction of sp³-hybridized carbons (Fsp3) is 1.00. The molecule has 0 radical (unpaired) electrons. The van der Waals surface area contributed by atoms with E-state index < -0.39 is 0 Å². The molecule has 2 aliphatic carbocycles. The highest BCUT2D eigenvalue weighted by Gasteiger charge is 2.51. The normalized spacial score (nSPS) is 53.1. The lowest BCUT2D eigenvalue weighted by Crippen LogP contribution is -2.36. The second-order valence-electron chi connectivity index (χ2n) is 6.17. The van der Waals surface area contributed by atoms with Crippen LogP contribution in [0.15, 0.2) is 0 Å². The number of hydrogen-bond donors (Lipinski definition) is 0. The summed E-state index contributed by atoms with van der Waals surface area (Å²) in [5.41, 5.74) is 0.693. The lowest BCUT2D eigenvalue weighted by Gasteiger charge is -2.44. The van der Waals surface area contributed by atoms with Crippen molar-refractivity contribution >= 4 is 0 Å². The van der Waals surface area contributed by atoms with Gasteiger partial charge in [-0.25, -0.2) is 0 Å². The minimum absolute atomic E-state index is 0.693. The third kappa shape index (κ3) is 1.33. The van der Waals surface area contributed by atoms with E-state index >= 15 is 0 Å². The molecule has 2 saturated carbocycles. The second kappa shape index (κ2) is 3.54. The lowest BCUT2D eigenvalue weighted by atomic mass is 9.61. The highest BCUT2D eigenvalue weighted by Crippen LogP contribution is 2.59. The fourth-order valence-electron chi connectivity index (χ4n) is 4.44. The molecule has 0 aromatic rings. The summed E-state index contributed by atoms with van der Waals surface area (Å²) in [7, 11) is 0. The molecule has 0 bridgehead atoms. The average molecular weight is 194 g/mol. The molecule has 0 heteroatoms. The van der Waals surface area contributed by atoms with Crippen LogP contribution in [0.25, 0.3) is 0 Å². The van der Waals surface area contributed by atoms with E-state index in [-0.39, 0.29) is 0 Å². The first-order valence-corrected chi connectivity index (χ1v) is 6.59. The summed E-state index contributed by atoms with van der Waals surface area (Å²) < 4.78 is 0. The summed E-state index contributed by atoms with van der Waals surface area (Å²) in [6, 6.07) is 0. The van der Waals surface area contributed by atoms with Gasteiger partial charge in [0.2, 0.25) is 0 Å². The molecular weight excluding hydrogens is 168 g/mol. The van der Waals surface area contributed by atoms with Gasteiger partial charge in [-0.1, -0.05) is 47.0 Å². The van der Waals surface area contributed by atoms with Crippen molar-refractivity contribution in [2.24, 2.45) is 29.1 Å². The van der Waals surface area contributed by atoms with E-state index in [0.717, 1.165) is 23.7 Å². The summed E-state index contributed by atoms with van der Waals surface area (Å²) in [6.45, 7) is 9.95. The average Bonchev–Trinajstić information content (AvgIpc) is 2.40. The lowest BCUT2D eigenvalue weighted by molar-refractivity contribution is 0.0533. The first-order valence-electron chi connectivity index (χ1n) is 6.59. The molecule has 0 heterocycles. The van der Waals surface area contributed by atoms with Crippen LogP contribution in [0.3, 0.4) is 0 Å². The van der Waals surface area contributed by atoms with Gasteiger partial charge in [0, 0.05) is 0 Å². The Morgan fingerprint density at radius 2 is 2.00 bits per heavy atom. The quantitative estimate of drug-likeness (QED) is 0.577. The predicted octanol–water partition coefficient (Wildman–Crippen LogP) is 4.49. The molecule has 0 N–H and O–H groups in total. The zero-order chi connectivity index (χ0) is 10.3. The standard InChI is InChI=1S/C14H26/c1-5-12-7-6-8-14(4)11(3)10(2)9-13(12)14/h10-13H,5-9H2,1-4H3. The van der Waals surface area contributed by atoms with Gasteiger partial charge in [-0.3, -0.25) is 0 Å². The van der Waals surface area contributed by atoms with Crippen LogP contribution in [-0.4, -0.2) is 0 Å². The van der Waals surface area contributed by atoms with Crippen molar-refractivity contribution in [1.82, 2.24) is 0 Å². The molecule has 0 aliphatic heterocycles. The maximum absolute atomic E-state index is 2.58. The van der Waals surface area contributed by atoms with Crippen LogP contribution in [0.2, 0.25) is 0 Å². The van der Waals surface area contributed by atoms with Crippen LogP contribution in [0.5, 0.6) is 0 Å². The minimum atomic E-state index is 0.693. The largest absolute Gasteiger partial charge is 0.0651 e. The van der Waals surface area contributed by atoms with Crippen molar-refractivity contribution in [1.29, 1.82) is 0 Å². The first kappa shape index (κ1) is 10.5. The maximum Gasteiger partial charge on any atom is -0.0267 e. The molecule has 0 nitrogen and oxygen atoms in total. The van der Waals surface area contributed by atoms with Gasteiger partial charge in [0.15, 0.2) is 0 Å². The van der Waals surface area contributed by atoms with Gasteiger partial charge in [-0.2, -0.15) is 0 Å². The highest BCUT2D eigenvalue weighted by atomic mass is 14.6. The van der Waals surface area contributed by atoms with E-state index in [1.54, 1.807) is 0 Å². The van der Waals surface area contributed by atoms with Crippen LogP contribution in [0, 0.1) is 29.1 Å². The Bertz CT molecular complexity index is 208. The van der Waals surface area contributed by atoms with Gasteiger partial charge in [0.25, 0.3) is 0 Å². The molecule has 0 spiro atoms. The summed E-state index contributed by atoms with van der Waals surface area (Å²) in [6.07, 6.45) is 7.42. The SMILES string of the molecule is CCC1CCCC2(C)C(C)C(C)CC12. The van der Waals surface area contributed by atoms with Crippen LogP contribution in [0.1, 0.15) is 59.8 Å². The third-order valence-corrected chi connectivity index (χ3v) is 5.75. The van der Waals surface area contributed by atoms with Crippen LogP contribution >= 0.6 is 0 Å². The fourth-order valence-corrected chi connectivity index (χ4v) is 4.44. The molecular formula is C14H26. The van der Waals surface area contributed by atoms with Crippen molar-refractivity contribution < 1.29 is 0 Å². The second-order valence-corrected chi connectivity index (χ2v) is 6.17. The molecule has 5 atom stereocenters.